The number of pyridine rings is 1. The number of esters is 1. The molecule has 0 fully saturated rings. The number of methoxy groups -OCH3 is 1. The van der Waals surface area contributed by atoms with Crippen molar-refractivity contribution in [3.05, 3.63) is 90.3 Å². The molecule has 8 nitrogen and oxygen atoms in total. The van der Waals surface area contributed by atoms with E-state index in [1.807, 2.05) is 30.3 Å². The molecule has 4 rings (SSSR count). The van der Waals surface area contributed by atoms with Crippen LogP contribution in [0.4, 0.5) is 5.69 Å². The number of benzene rings is 2. The molecule has 0 aliphatic rings. The standard InChI is InChI=1S/C22H17N5O3/c1-30-22(29)16-10-11-23-19(12-16)20-14-27(26-25-20)18-9-5-8-17(13-18)24-21(28)15-6-3-2-4-7-15/h2-14H,1H3,(H,24,28). The Hall–Kier alpha value is -4.33. The fourth-order valence-electron chi connectivity index (χ4n) is 2.84. The molecule has 0 unspecified atom stereocenters. The van der Waals surface area contributed by atoms with Gasteiger partial charge >= 0.3 is 5.97 Å². The fraction of sp³-hybridized carbons (Fsp3) is 0.0455. The third-order valence-electron chi connectivity index (χ3n) is 4.34. The molecule has 0 aliphatic heterocycles. The Morgan fingerprint density at radius 1 is 0.933 bits per heavy atom. The summed E-state index contributed by atoms with van der Waals surface area (Å²) in [5.41, 5.74) is 3.29. The van der Waals surface area contributed by atoms with Crippen molar-refractivity contribution in [2.75, 3.05) is 12.4 Å². The van der Waals surface area contributed by atoms with E-state index in [1.165, 1.54) is 13.3 Å². The topological polar surface area (TPSA) is 99.0 Å². The van der Waals surface area contributed by atoms with Crippen LogP contribution < -0.4 is 5.32 Å². The Morgan fingerprint density at radius 3 is 2.57 bits per heavy atom. The molecule has 0 radical (unpaired) electrons. The van der Waals surface area contributed by atoms with Crippen LogP contribution in [0.3, 0.4) is 0 Å². The van der Waals surface area contributed by atoms with Crippen molar-refractivity contribution < 1.29 is 14.3 Å². The van der Waals surface area contributed by atoms with Gasteiger partial charge in [0.2, 0.25) is 0 Å². The maximum Gasteiger partial charge on any atom is 0.337 e. The van der Waals surface area contributed by atoms with Crippen LogP contribution in [0.15, 0.2) is 79.1 Å². The first-order valence-electron chi connectivity index (χ1n) is 9.08. The van der Waals surface area contributed by atoms with Gasteiger partial charge in [-0.3, -0.25) is 9.78 Å². The normalized spacial score (nSPS) is 10.4. The lowest BCUT2D eigenvalue weighted by Gasteiger charge is -2.07. The minimum absolute atomic E-state index is 0.198. The summed E-state index contributed by atoms with van der Waals surface area (Å²) in [6.45, 7) is 0. The molecule has 0 bridgehead atoms. The Bertz CT molecular complexity index is 1200. The van der Waals surface area contributed by atoms with E-state index in [0.717, 1.165) is 0 Å². The second-order valence-electron chi connectivity index (χ2n) is 6.34. The number of amides is 1. The van der Waals surface area contributed by atoms with Crippen molar-refractivity contribution in [2.45, 2.75) is 0 Å². The predicted octanol–water partition coefficient (Wildman–Crippen LogP) is 3.37. The van der Waals surface area contributed by atoms with Crippen LogP contribution >= 0.6 is 0 Å². The van der Waals surface area contributed by atoms with Crippen molar-refractivity contribution in [1.82, 2.24) is 20.0 Å². The van der Waals surface area contributed by atoms with E-state index in [9.17, 15) is 9.59 Å². The van der Waals surface area contributed by atoms with Gasteiger partial charge in [-0.25, -0.2) is 9.48 Å². The van der Waals surface area contributed by atoms with Crippen LogP contribution in [-0.2, 0) is 4.74 Å². The molecule has 2 heterocycles. The summed E-state index contributed by atoms with van der Waals surface area (Å²) < 4.78 is 6.31. The largest absolute Gasteiger partial charge is 0.465 e. The molecule has 1 N–H and O–H groups in total. The molecule has 0 aliphatic carbocycles. The number of ether oxygens (including phenoxy) is 1. The number of carbonyl (C=O) groups excluding carboxylic acids is 2. The molecule has 30 heavy (non-hydrogen) atoms. The number of rotatable bonds is 5. The van der Waals surface area contributed by atoms with Gasteiger partial charge in [-0.05, 0) is 42.5 Å². The summed E-state index contributed by atoms with van der Waals surface area (Å²) in [7, 11) is 1.32. The van der Waals surface area contributed by atoms with Gasteiger partial charge < -0.3 is 10.1 Å². The minimum Gasteiger partial charge on any atom is -0.465 e. The van der Waals surface area contributed by atoms with Crippen LogP contribution in [0.1, 0.15) is 20.7 Å². The third kappa shape index (κ3) is 4.07. The average molecular weight is 399 g/mol. The predicted molar refractivity (Wildman–Crippen MR) is 110 cm³/mol. The Kier molecular flexibility index (Phi) is 5.29. The second-order valence-corrected chi connectivity index (χ2v) is 6.34. The quantitative estimate of drug-likeness (QED) is 0.517. The smallest absolute Gasteiger partial charge is 0.337 e. The summed E-state index contributed by atoms with van der Waals surface area (Å²) in [5, 5.41) is 11.1. The lowest BCUT2D eigenvalue weighted by atomic mass is 10.2. The molecule has 2 aromatic heterocycles. The Morgan fingerprint density at radius 2 is 1.77 bits per heavy atom. The van der Waals surface area contributed by atoms with Gasteiger partial charge in [-0.2, -0.15) is 0 Å². The molecule has 0 saturated carbocycles. The summed E-state index contributed by atoms with van der Waals surface area (Å²) in [4.78, 5) is 28.3. The zero-order valence-corrected chi connectivity index (χ0v) is 16.0. The summed E-state index contributed by atoms with van der Waals surface area (Å²) in [6.07, 6.45) is 3.21. The third-order valence-corrected chi connectivity index (χ3v) is 4.34. The van der Waals surface area contributed by atoms with E-state index in [1.54, 1.807) is 47.3 Å². The van der Waals surface area contributed by atoms with Crippen molar-refractivity contribution in [3.8, 4) is 17.1 Å². The number of carbonyl (C=O) groups is 2. The SMILES string of the molecule is COC(=O)c1ccnc(-c2cn(-c3cccc(NC(=O)c4ccccc4)c3)nn2)c1. The first-order chi connectivity index (χ1) is 14.6. The number of anilines is 1. The molecule has 148 valence electrons. The molecular weight excluding hydrogens is 382 g/mol. The molecule has 4 aromatic rings. The molecule has 2 aromatic carbocycles. The van der Waals surface area contributed by atoms with Gasteiger partial charge in [-0.1, -0.05) is 29.5 Å². The lowest BCUT2D eigenvalue weighted by Crippen LogP contribution is -2.11. The van der Waals surface area contributed by atoms with E-state index in [-0.39, 0.29) is 5.91 Å². The molecule has 1 amide bonds. The zero-order valence-electron chi connectivity index (χ0n) is 16.0. The van der Waals surface area contributed by atoms with E-state index in [4.69, 9.17) is 4.74 Å². The number of hydrogen-bond donors (Lipinski definition) is 1. The number of nitrogens with one attached hydrogen (secondary N) is 1. The van der Waals surface area contributed by atoms with Crippen LogP contribution in [0.2, 0.25) is 0 Å². The number of nitrogens with zero attached hydrogens (tertiary/aromatic N) is 4. The second kappa shape index (κ2) is 8.36. The average Bonchev–Trinajstić information content (AvgIpc) is 3.30. The monoisotopic (exact) mass is 399 g/mol. The van der Waals surface area contributed by atoms with Gasteiger partial charge in [0.1, 0.15) is 5.69 Å². The van der Waals surface area contributed by atoms with Gasteiger partial charge in [0.05, 0.1) is 30.3 Å². The van der Waals surface area contributed by atoms with E-state index in [2.05, 4.69) is 20.6 Å². The van der Waals surface area contributed by atoms with Crippen molar-refractivity contribution in [2.24, 2.45) is 0 Å². The van der Waals surface area contributed by atoms with Gasteiger partial charge in [0.15, 0.2) is 0 Å². The van der Waals surface area contributed by atoms with Gasteiger partial charge in [0, 0.05) is 17.4 Å². The van der Waals surface area contributed by atoms with Crippen LogP contribution in [-0.4, -0.2) is 39.0 Å². The lowest BCUT2D eigenvalue weighted by molar-refractivity contribution is 0.0600. The molecular formula is C22H17N5O3. The Labute approximate surface area is 172 Å². The van der Waals surface area contributed by atoms with Crippen molar-refractivity contribution in [1.29, 1.82) is 0 Å². The number of aromatic nitrogens is 4. The summed E-state index contributed by atoms with van der Waals surface area (Å²) in [6, 6.07) is 19.4. The van der Waals surface area contributed by atoms with Crippen LogP contribution in [0, 0.1) is 0 Å². The van der Waals surface area contributed by atoms with Crippen molar-refractivity contribution in [3.63, 3.8) is 0 Å². The van der Waals surface area contributed by atoms with Crippen LogP contribution in [0.5, 0.6) is 0 Å². The maximum absolute atomic E-state index is 12.4. The highest BCUT2D eigenvalue weighted by Crippen LogP contribution is 2.19. The number of hydrogen-bond acceptors (Lipinski definition) is 6. The first kappa shape index (κ1) is 19.0. The molecule has 0 saturated heterocycles. The highest BCUT2D eigenvalue weighted by molar-refractivity contribution is 6.04. The first-order valence-corrected chi connectivity index (χ1v) is 9.08. The van der Waals surface area contributed by atoms with Crippen molar-refractivity contribution >= 4 is 17.6 Å². The van der Waals surface area contributed by atoms with E-state index in [0.29, 0.717) is 33.9 Å². The molecule has 8 heteroatoms. The zero-order chi connectivity index (χ0) is 20.9. The van der Waals surface area contributed by atoms with Gasteiger partial charge in [-0.15, -0.1) is 5.10 Å². The highest BCUT2D eigenvalue weighted by atomic mass is 16.5. The van der Waals surface area contributed by atoms with E-state index < -0.39 is 5.97 Å². The maximum atomic E-state index is 12.4. The van der Waals surface area contributed by atoms with Crippen LogP contribution in [0.25, 0.3) is 17.1 Å². The Balaban J connectivity index is 1.56. The molecule has 0 atom stereocenters. The fourth-order valence-corrected chi connectivity index (χ4v) is 2.84. The highest BCUT2D eigenvalue weighted by Gasteiger charge is 2.12. The van der Waals surface area contributed by atoms with E-state index >= 15 is 0 Å². The van der Waals surface area contributed by atoms with Gasteiger partial charge in [0.25, 0.3) is 5.91 Å². The summed E-state index contributed by atoms with van der Waals surface area (Å²) in [5.74, 6) is -0.649. The minimum atomic E-state index is -0.451. The molecule has 0 spiro atoms. The summed E-state index contributed by atoms with van der Waals surface area (Å²) >= 11 is 0.